The first-order valence-corrected chi connectivity index (χ1v) is 6.82. The summed E-state index contributed by atoms with van der Waals surface area (Å²) in [5.41, 5.74) is 5.34. The molecule has 3 rings (SSSR count). The Morgan fingerprint density at radius 1 is 0.850 bits per heavy atom. The standard InChI is InChI=1S/C18H18O2/c1-19-16-7-3-13(4-8-16)11-14-5-6-15-12-17(20-2)9-10-18(14)15/h3-4,7-12H,5-6H2,1-2H3/b14-11+. The van der Waals surface area contributed by atoms with Gasteiger partial charge in [-0.3, -0.25) is 0 Å². The first-order chi connectivity index (χ1) is 9.80. The molecule has 0 saturated carbocycles. The number of hydrogen-bond donors (Lipinski definition) is 0. The molecule has 0 atom stereocenters. The van der Waals surface area contributed by atoms with Gasteiger partial charge in [-0.2, -0.15) is 0 Å². The Morgan fingerprint density at radius 3 is 2.25 bits per heavy atom. The second-order valence-corrected chi connectivity index (χ2v) is 4.97. The minimum absolute atomic E-state index is 0.892. The van der Waals surface area contributed by atoms with Crippen LogP contribution in [0.2, 0.25) is 0 Å². The number of hydrogen-bond acceptors (Lipinski definition) is 2. The van der Waals surface area contributed by atoms with Crippen molar-refractivity contribution in [3.8, 4) is 11.5 Å². The third-order valence-electron chi connectivity index (χ3n) is 3.78. The highest BCUT2D eigenvalue weighted by atomic mass is 16.5. The molecule has 102 valence electrons. The summed E-state index contributed by atoms with van der Waals surface area (Å²) in [7, 11) is 3.40. The zero-order valence-corrected chi connectivity index (χ0v) is 11.8. The van der Waals surface area contributed by atoms with Crippen molar-refractivity contribution in [3.63, 3.8) is 0 Å². The van der Waals surface area contributed by atoms with Crippen molar-refractivity contribution in [2.75, 3.05) is 14.2 Å². The van der Waals surface area contributed by atoms with Gasteiger partial charge >= 0.3 is 0 Å². The van der Waals surface area contributed by atoms with E-state index in [2.05, 4.69) is 30.3 Å². The first-order valence-electron chi connectivity index (χ1n) is 6.82. The van der Waals surface area contributed by atoms with Crippen LogP contribution in [0.5, 0.6) is 11.5 Å². The molecule has 20 heavy (non-hydrogen) atoms. The van der Waals surface area contributed by atoms with E-state index in [4.69, 9.17) is 9.47 Å². The van der Waals surface area contributed by atoms with Gasteiger partial charge in [-0.15, -0.1) is 0 Å². The van der Waals surface area contributed by atoms with Crippen molar-refractivity contribution in [3.05, 3.63) is 59.2 Å². The fraction of sp³-hybridized carbons (Fsp3) is 0.222. The first kappa shape index (κ1) is 12.8. The molecule has 0 saturated heterocycles. The van der Waals surface area contributed by atoms with E-state index >= 15 is 0 Å². The van der Waals surface area contributed by atoms with E-state index in [0.29, 0.717) is 0 Å². The quantitative estimate of drug-likeness (QED) is 0.829. The van der Waals surface area contributed by atoms with Gasteiger partial charge in [-0.25, -0.2) is 0 Å². The van der Waals surface area contributed by atoms with Crippen LogP contribution < -0.4 is 9.47 Å². The molecule has 0 heterocycles. The Morgan fingerprint density at radius 2 is 1.55 bits per heavy atom. The lowest BCUT2D eigenvalue weighted by Crippen LogP contribution is -1.86. The molecular weight excluding hydrogens is 248 g/mol. The predicted octanol–water partition coefficient (Wildman–Crippen LogP) is 4.19. The number of fused-ring (bicyclic) bond motifs is 1. The monoisotopic (exact) mass is 266 g/mol. The number of allylic oxidation sites excluding steroid dienone is 1. The fourth-order valence-electron chi connectivity index (χ4n) is 2.67. The van der Waals surface area contributed by atoms with Crippen molar-refractivity contribution in [1.29, 1.82) is 0 Å². The summed E-state index contributed by atoms with van der Waals surface area (Å²) in [6.07, 6.45) is 4.45. The summed E-state index contributed by atoms with van der Waals surface area (Å²) in [5.74, 6) is 1.83. The van der Waals surface area contributed by atoms with E-state index in [1.807, 2.05) is 18.2 Å². The minimum Gasteiger partial charge on any atom is -0.497 e. The molecule has 2 aromatic carbocycles. The number of aryl methyl sites for hydroxylation is 1. The van der Waals surface area contributed by atoms with Gasteiger partial charge in [0.2, 0.25) is 0 Å². The lowest BCUT2D eigenvalue weighted by atomic mass is 10.0. The number of ether oxygens (including phenoxy) is 2. The Hall–Kier alpha value is -2.22. The SMILES string of the molecule is COc1ccc(/C=C2\CCc3cc(OC)ccc32)cc1. The lowest BCUT2D eigenvalue weighted by molar-refractivity contribution is 0.414. The third kappa shape index (κ3) is 2.42. The van der Waals surface area contributed by atoms with Crippen molar-refractivity contribution < 1.29 is 9.47 Å². The van der Waals surface area contributed by atoms with Gasteiger partial charge in [0, 0.05) is 0 Å². The van der Waals surface area contributed by atoms with Gasteiger partial charge in [0.25, 0.3) is 0 Å². The van der Waals surface area contributed by atoms with Crippen LogP contribution in [-0.2, 0) is 6.42 Å². The summed E-state index contributed by atoms with van der Waals surface area (Å²) >= 11 is 0. The maximum atomic E-state index is 5.29. The Bertz CT molecular complexity index is 639. The zero-order chi connectivity index (χ0) is 13.9. The molecule has 0 aliphatic heterocycles. The van der Waals surface area contributed by atoms with Crippen LogP contribution in [0.15, 0.2) is 42.5 Å². The molecule has 2 aromatic rings. The maximum absolute atomic E-state index is 5.29. The van der Waals surface area contributed by atoms with E-state index in [1.165, 1.54) is 22.3 Å². The lowest BCUT2D eigenvalue weighted by Gasteiger charge is -2.05. The molecule has 0 bridgehead atoms. The van der Waals surface area contributed by atoms with E-state index in [9.17, 15) is 0 Å². The summed E-state index contributed by atoms with van der Waals surface area (Å²) in [6, 6.07) is 14.5. The zero-order valence-electron chi connectivity index (χ0n) is 11.8. The van der Waals surface area contributed by atoms with Crippen molar-refractivity contribution >= 4 is 11.6 Å². The molecule has 0 spiro atoms. The van der Waals surface area contributed by atoms with Crippen LogP contribution >= 0.6 is 0 Å². The van der Waals surface area contributed by atoms with Gasteiger partial charge < -0.3 is 9.47 Å². The highest BCUT2D eigenvalue weighted by molar-refractivity contribution is 5.85. The summed E-state index contributed by atoms with van der Waals surface area (Å²) in [5, 5.41) is 0. The molecule has 2 heteroatoms. The van der Waals surface area contributed by atoms with E-state index in [1.54, 1.807) is 14.2 Å². The Labute approximate surface area is 119 Å². The average Bonchev–Trinajstić information content (AvgIpc) is 2.90. The van der Waals surface area contributed by atoms with E-state index < -0.39 is 0 Å². The predicted molar refractivity (Wildman–Crippen MR) is 82.2 cm³/mol. The molecule has 0 unspecified atom stereocenters. The van der Waals surface area contributed by atoms with Crippen LogP contribution in [0, 0.1) is 0 Å². The molecule has 0 radical (unpaired) electrons. The van der Waals surface area contributed by atoms with Crippen LogP contribution in [-0.4, -0.2) is 14.2 Å². The Kier molecular flexibility index (Phi) is 3.46. The Balaban J connectivity index is 1.91. The number of benzene rings is 2. The molecule has 0 N–H and O–H groups in total. The van der Waals surface area contributed by atoms with Gasteiger partial charge in [-0.1, -0.05) is 24.3 Å². The van der Waals surface area contributed by atoms with Crippen LogP contribution in [0.3, 0.4) is 0 Å². The number of rotatable bonds is 3. The molecule has 1 aliphatic rings. The second-order valence-electron chi connectivity index (χ2n) is 4.97. The third-order valence-corrected chi connectivity index (χ3v) is 3.78. The maximum Gasteiger partial charge on any atom is 0.119 e. The summed E-state index contributed by atoms with van der Waals surface area (Å²) in [6.45, 7) is 0. The fourth-order valence-corrected chi connectivity index (χ4v) is 2.67. The topological polar surface area (TPSA) is 18.5 Å². The number of methoxy groups -OCH3 is 2. The van der Waals surface area contributed by atoms with Crippen LogP contribution in [0.25, 0.3) is 11.6 Å². The van der Waals surface area contributed by atoms with Crippen LogP contribution in [0.4, 0.5) is 0 Å². The minimum atomic E-state index is 0.892. The molecule has 0 aromatic heterocycles. The molecule has 0 fully saturated rings. The highest BCUT2D eigenvalue weighted by Gasteiger charge is 2.16. The highest BCUT2D eigenvalue weighted by Crippen LogP contribution is 2.35. The van der Waals surface area contributed by atoms with Crippen molar-refractivity contribution in [2.45, 2.75) is 12.8 Å². The van der Waals surface area contributed by atoms with Gasteiger partial charge in [0.15, 0.2) is 0 Å². The summed E-state index contributed by atoms with van der Waals surface area (Å²) in [4.78, 5) is 0. The largest absolute Gasteiger partial charge is 0.497 e. The smallest absolute Gasteiger partial charge is 0.119 e. The molecular formula is C18H18O2. The normalized spacial score (nSPS) is 15.2. The molecule has 0 amide bonds. The van der Waals surface area contributed by atoms with Gasteiger partial charge in [0.05, 0.1) is 14.2 Å². The second kappa shape index (κ2) is 5.41. The molecule has 2 nitrogen and oxygen atoms in total. The molecule has 1 aliphatic carbocycles. The van der Waals surface area contributed by atoms with Crippen molar-refractivity contribution in [2.24, 2.45) is 0 Å². The average molecular weight is 266 g/mol. The van der Waals surface area contributed by atoms with Gasteiger partial charge in [-0.05, 0) is 59.4 Å². The van der Waals surface area contributed by atoms with E-state index in [-0.39, 0.29) is 0 Å². The summed E-state index contributed by atoms with van der Waals surface area (Å²) < 4.78 is 10.5. The van der Waals surface area contributed by atoms with Crippen LogP contribution in [0.1, 0.15) is 23.1 Å². The van der Waals surface area contributed by atoms with Gasteiger partial charge in [0.1, 0.15) is 11.5 Å². The van der Waals surface area contributed by atoms with E-state index in [0.717, 1.165) is 24.3 Å². The van der Waals surface area contributed by atoms with Crippen molar-refractivity contribution in [1.82, 2.24) is 0 Å².